The van der Waals surface area contributed by atoms with Crippen LogP contribution >= 0.6 is 0 Å². The molecule has 1 N–H and O–H groups in total. The van der Waals surface area contributed by atoms with Crippen LogP contribution in [0.4, 0.5) is 26.3 Å². The Bertz CT molecular complexity index is 473. The van der Waals surface area contributed by atoms with Crippen molar-refractivity contribution in [1.29, 1.82) is 0 Å². The summed E-state index contributed by atoms with van der Waals surface area (Å²) in [5.41, 5.74) is -6.09. The molecule has 0 aromatic carbocycles. The van der Waals surface area contributed by atoms with Crippen molar-refractivity contribution in [2.24, 2.45) is 0 Å². The molecule has 19 heavy (non-hydrogen) atoms. The number of hydrogen-bond donors (Lipinski definition) is 1. The first kappa shape index (κ1) is 15.1. The maximum atomic E-state index is 12.6. The van der Waals surface area contributed by atoms with Crippen LogP contribution in [0.5, 0.6) is 5.88 Å². The molecule has 4 nitrogen and oxygen atoms in total. The number of aromatic nitrogens is 1. The second kappa shape index (κ2) is 4.59. The molecule has 10 heteroatoms. The van der Waals surface area contributed by atoms with Crippen LogP contribution in [0.2, 0.25) is 0 Å². The molecule has 0 amide bonds. The van der Waals surface area contributed by atoms with Crippen LogP contribution in [0.25, 0.3) is 0 Å². The molecular weight excluding hydrogens is 284 g/mol. The van der Waals surface area contributed by atoms with Gasteiger partial charge >= 0.3 is 18.3 Å². The second-order valence-electron chi connectivity index (χ2n) is 3.24. The van der Waals surface area contributed by atoms with E-state index >= 15 is 0 Å². The Balaban J connectivity index is 3.76. The Morgan fingerprint density at radius 3 is 2.05 bits per heavy atom. The average molecular weight is 289 g/mol. The molecule has 0 fully saturated rings. The molecule has 0 bridgehead atoms. The number of ether oxygens (including phenoxy) is 1. The third-order valence-electron chi connectivity index (χ3n) is 1.99. The molecule has 0 atom stereocenters. The summed E-state index contributed by atoms with van der Waals surface area (Å²) in [6, 6.07) is 0.0959. The standard InChI is InChI=1S/C9H5F6NO3/c1-19-4-2-3(8(10,11)12)5(7(17)18)6(16-4)9(13,14)15/h2H,1H3,(H,17,18). The van der Waals surface area contributed by atoms with Crippen molar-refractivity contribution < 1.29 is 41.0 Å². The van der Waals surface area contributed by atoms with Gasteiger partial charge in [-0.1, -0.05) is 0 Å². The van der Waals surface area contributed by atoms with Gasteiger partial charge in [-0.25, -0.2) is 9.78 Å². The number of rotatable bonds is 2. The number of nitrogens with zero attached hydrogens (tertiary/aromatic N) is 1. The maximum absolute atomic E-state index is 12.6. The molecule has 0 saturated heterocycles. The molecule has 1 aromatic heterocycles. The second-order valence-corrected chi connectivity index (χ2v) is 3.24. The topological polar surface area (TPSA) is 59.4 Å². The number of halogens is 6. The van der Waals surface area contributed by atoms with Gasteiger partial charge in [-0.15, -0.1) is 0 Å². The minimum Gasteiger partial charge on any atom is -0.481 e. The molecule has 0 radical (unpaired) electrons. The normalized spacial score (nSPS) is 12.4. The van der Waals surface area contributed by atoms with Crippen LogP contribution in [0.1, 0.15) is 21.6 Å². The fourth-order valence-corrected chi connectivity index (χ4v) is 1.27. The lowest BCUT2D eigenvalue weighted by Crippen LogP contribution is -2.22. The lowest BCUT2D eigenvalue weighted by Gasteiger charge is -2.16. The van der Waals surface area contributed by atoms with Gasteiger partial charge in [-0.3, -0.25) is 0 Å². The van der Waals surface area contributed by atoms with Crippen molar-refractivity contribution in [2.75, 3.05) is 7.11 Å². The molecule has 1 aromatic rings. The number of carbonyl (C=O) groups is 1. The smallest absolute Gasteiger partial charge is 0.434 e. The fraction of sp³-hybridized carbons (Fsp3) is 0.333. The van der Waals surface area contributed by atoms with E-state index in [1.54, 1.807) is 0 Å². The first-order chi connectivity index (χ1) is 8.48. The molecule has 0 saturated carbocycles. The maximum Gasteiger partial charge on any atom is 0.434 e. The molecule has 0 aliphatic rings. The van der Waals surface area contributed by atoms with Crippen LogP contribution < -0.4 is 4.74 Å². The highest BCUT2D eigenvalue weighted by Gasteiger charge is 2.45. The highest BCUT2D eigenvalue weighted by molar-refractivity contribution is 5.91. The van der Waals surface area contributed by atoms with Gasteiger partial charge in [0.2, 0.25) is 5.88 Å². The summed E-state index contributed by atoms with van der Waals surface area (Å²) < 4.78 is 79.6. The molecule has 1 heterocycles. The first-order valence-corrected chi connectivity index (χ1v) is 4.45. The van der Waals surface area contributed by atoms with Crippen molar-refractivity contribution in [3.8, 4) is 5.88 Å². The van der Waals surface area contributed by atoms with Gasteiger partial charge in [0.05, 0.1) is 12.7 Å². The number of hydrogen-bond acceptors (Lipinski definition) is 3. The Hall–Kier alpha value is -2.00. The van der Waals surface area contributed by atoms with E-state index in [9.17, 15) is 31.1 Å². The van der Waals surface area contributed by atoms with Gasteiger partial charge < -0.3 is 9.84 Å². The molecule has 1 rings (SSSR count). The van der Waals surface area contributed by atoms with Gasteiger partial charge in [0.25, 0.3) is 0 Å². The van der Waals surface area contributed by atoms with E-state index < -0.39 is 41.0 Å². The van der Waals surface area contributed by atoms with Crippen LogP contribution in [-0.4, -0.2) is 23.2 Å². The summed E-state index contributed by atoms with van der Waals surface area (Å²) in [7, 11) is 0.809. The van der Waals surface area contributed by atoms with E-state index in [1.807, 2.05) is 0 Å². The predicted octanol–water partition coefficient (Wildman–Crippen LogP) is 2.83. The third-order valence-corrected chi connectivity index (χ3v) is 1.99. The number of methoxy groups -OCH3 is 1. The van der Waals surface area contributed by atoms with Crippen molar-refractivity contribution in [3.63, 3.8) is 0 Å². The number of pyridine rings is 1. The highest BCUT2D eigenvalue weighted by Crippen LogP contribution is 2.40. The van der Waals surface area contributed by atoms with E-state index in [4.69, 9.17) is 5.11 Å². The van der Waals surface area contributed by atoms with E-state index in [1.165, 1.54) is 0 Å². The van der Waals surface area contributed by atoms with E-state index in [0.717, 1.165) is 7.11 Å². The van der Waals surface area contributed by atoms with Crippen LogP contribution in [0.3, 0.4) is 0 Å². The van der Waals surface area contributed by atoms with Gasteiger partial charge in [-0.05, 0) is 0 Å². The average Bonchev–Trinajstić information content (AvgIpc) is 2.24. The lowest BCUT2D eigenvalue weighted by molar-refractivity contribution is -0.146. The number of alkyl halides is 6. The van der Waals surface area contributed by atoms with Crippen molar-refractivity contribution in [1.82, 2.24) is 4.98 Å². The predicted molar refractivity (Wildman–Crippen MR) is 47.8 cm³/mol. The Morgan fingerprint density at radius 2 is 1.74 bits per heavy atom. The summed E-state index contributed by atoms with van der Waals surface area (Å²) >= 11 is 0. The summed E-state index contributed by atoms with van der Waals surface area (Å²) in [6.07, 6.45) is -10.6. The summed E-state index contributed by atoms with van der Waals surface area (Å²) in [6.45, 7) is 0. The summed E-state index contributed by atoms with van der Waals surface area (Å²) in [4.78, 5) is 13.4. The molecule has 0 aliphatic carbocycles. The summed E-state index contributed by atoms with van der Waals surface area (Å²) in [5.74, 6) is -3.36. The van der Waals surface area contributed by atoms with E-state index in [-0.39, 0.29) is 6.07 Å². The minimum absolute atomic E-state index is 0.0959. The fourth-order valence-electron chi connectivity index (χ4n) is 1.27. The number of carboxylic acid groups (broad SMARTS) is 1. The highest BCUT2D eigenvalue weighted by atomic mass is 19.4. The Morgan fingerprint density at radius 1 is 1.21 bits per heavy atom. The molecular formula is C9H5F6NO3. The number of aromatic carboxylic acids is 1. The van der Waals surface area contributed by atoms with Gasteiger partial charge in [0.1, 0.15) is 5.56 Å². The zero-order valence-electron chi connectivity index (χ0n) is 9.06. The zero-order chi connectivity index (χ0) is 15.0. The lowest BCUT2D eigenvalue weighted by atomic mass is 10.1. The van der Waals surface area contributed by atoms with Crippen molar-refractivity contribution >= 4 is 5.97 Å². The van der Waals surface area contributed by atoms with Crippen molar-refractivity contribution in [3.05, 3.63) is 22.9 Å². The Labute approximate surface area is 101 Å². The van der Waals surface area contributed by atoms with Gasteiger partial charge in [0, 0.05) is 6.07 Å². The van der Waals surface area contributed by atoms with Gasteiger partial charge in [0.15, 0.2) is 5.69 Å². The SMILES string of the molecule is COc1cc(C(F)(F)F)c(C(=O)O)c(C(F)(F)F)n1. The number of carboxylic acids is 1. The monoisotopic (exact) mass is 289 g/mol. The van der Waals surface area contributed by atoms with Crippen LogP contribution in [0, 0.1) is 0 Å². The van der Waals surface area contributed by atoms with Crippen LogP contribution in [-0.2, 0) is 12.4 Å². The quantitative estimate of drug-likeness (QED) is 0.850. The first-order valence-electron chi connectivity index (χ1n) is 4.45. The third kappa shape index (κ3) is 3.06. The molecule has 106 valence electrons. The van der Waals surface area contributed by atoms with Crippen molar-refractivity contribution in [2.45, 2.75) is 12.4 Å². The Kier molecular flexibility index (Phi) is 3.64. The minimum atomic E-state index is -5.36. The largest absolute Gasteiger partial charge is 0.481 e. The van der Waals surface area contributed by atoms with Gasteiger partial charge in [-0.2, -0.15) is 26.3 Å². The molecule has 0 aliphatic heterocycles. The van der Waals surface area contributed by atoms with E-state index in [2.05, 4.69) is 9.72 Å². The summed E-state index contributed by atoms with van der Waals surface area (Å²) in [5, 5.41) is 8.56. The molecule has 0 spiro atoms. The van der Waals surface area contributed by atoms with E-state index in [0.29, 0.717) is 0 Å². The van der Waals surface area contributed by atoms with Crippen LogP contribution in [0.15, 0.2) is 6.07 Å². The zero-order valence-corrected chi connectivity index (χ0v) is 9.06. The molecule has 0 unspecified atom stereocenters.